The molecule has 2 atom stereocenters. The van der Waals surface area contributed by atoms with Gasteiger partial charge in [-0.3, -0.25) is 0 Å². The highest BCUT2D eigenvalue weighted by molar-refractivity contribution is 5.53. The minimum Gasteiger partial charge on any atom is -0.493 e. The fourth-order valence-corrected chi connectivity index (χ4v) is 7.10. The van der Waals surface area contributed by atoms with Gasteiger partial charge in [0.25, 0.3) is 0 Å². The van der Waals surface area contributed by atoms with E-state index in [2.05, 4.69) is 55.4 Å². The highest BCUT2D eigenvalue weighted by Gasteiger charge is 2.31. The molecule has 2 fully saturated rings. The molecule has 2 heterocycles. The molecule has 4 rings (SSSR count). The van der Waals surface area contributed by atoms with Crippen molar-refractivity contribution in [2.24, 2.45) is 5.92 Å². The molecule has 1 aromatic carbocycles. The van der Waals surface area contributed by atoms with Crippen molar-refractivity contribution < 1.29 is 9.47 Å². The third kappa shape index (κ3) is 10.2. The van der Waals surface area contributed by atoms with Crippen LogP contribution in [0.2, 0.25) is 0 Å². The molecule has 41 heavy (non-hydrogen) atoms. The van der Waals surface area contributed by atoms with E-state index in [4.69, 9.17) is 9.47 Å². The number of likely N-dealkylation sites (tertiary alicyclic amines) is 2. The van der Waals surface area contributed by atoms with Crippen molar-refractivity contribution in [3.8, 4) is 11.5 Å². The van der Waals surface area contributed by atoms with Crippen LogP contribution in [0.3, 0.4) is 0 Å². The van der Waals surface area contributed by atoms with Crippen LogP contribution >= 0.6 is 0 Å². The van der Waals surface area contributed by atoms with Gasteiger partial charge in [0.05, 0.1) is 13.2 Å². The van der Waals surface area contributed by atoms with E-state index in [-0.39, 0.29) is 5.92 Å². The monoisotopic (exact) mass is 564 g/mol. The summed E-state index contributed by atoms with van der Waals surface area (Å²) in [7, 11) is 0. The van der Waals surface area contributed by atoms with E-state index in [1.54, 1.807) is 0 Å². The van der Waals surface area contributed by atoms with Gasteiger partial charge in [-0.1, -0.05) is 43.6 Å². The molecule has 1 aliphatic carbocycles. The summed E-state index contributed by atoms with van der Waals surface area (Å²) in [5.74, 6) is 2.83. The first-order valence-electron chi connectivity index (χ1n) is 17.2. The molecule has 4 nitrogen and oxygen atoms in total. The molecule has 1 aromatic rings. The highest BCUT2D eigenvalue weighted by Crippen LogP contribution is 2.47. The molecule has 0 bridgehead atoms. The predicted octanol–water partition coefficient (Wildman–Crippen LogP) is 8.94. The first kappa shape index (κ1) is 32.1. The largest absolute Gasteiger partial charge is 0.493 e. The van der Waals surface area contributed by atoms with E-state index in [0.29, 0.717) is 5.92 Å². The number of unbranched alkanes of at least 4 members (excludes halogenated alkanes) is 4. The highest BCUT2D eigenvalue weighted by atomic mass is 16.5. The van der Waals surface area contributed by atoms with Gasteiger partial charge in [-0.2, -0.15) is 0 Å². The van der Waals surface area contributed by atoms with E-state index in [0.717, 1.165) is 56.8 Å². The van der Waals surface area contributed by atoms with Crippen molar-refractivity contribution >= 4 is 0 Å². The fourth-order valence-electron chi connectivity index (χ4n) is 7.10. The van der Waals surface area contributed by atoms with Gasteiger partial charge in [0.15, 0.2) is 0 Å². The first-order valence-corrected chi connectivity index (χ1v) is 17.2. The van der Waals surface area contributed by atoms with Crippen LogP contribution in [0.15, 0.2) is 35.9 Å². The Morgan fingerprint density at radius 3 is 1.90 bits per heavy atom. The maximum absolute atomic E-state index is 6.74. The number of allylic oxidation sites excluding steroid dienone is 3. The Kier molecular flexibility index (Phi) is 13.6. The van der Waals surface area contributed by atoms with Crippen LogP contribution in [-0.4, -0.2) is 62.3 Å². The van der Waals surface area contributed by atoms with Gasteiger partial charge in [-0.05, 0) is 154 Å². The van der Waals surface area contributed by atoms with Crippen molar-refractivity contribution in [2.75, 3.05) is 52.5 Å². The van der Waals surface area contributed by atoms with E-state index in [1.807, 2.05) is 0 Å². The number of ether oxygens (including phenoxy) is 2. The Morgan fingerprint density at radius 1 is 0.829 bits per heavy atom. The molecule has 3 aliphatic rings. The number of rotatable bonds is 18. The molecule has 0 amide bonds. The van der Waals surface area contributed by atoms with E-state index in [9.17, 15) is 0 Å². The average molecular weight is 565 g/mol. The van der Waals surface area contributed by atoms with Crippen LogP contribution in [0.4, 0.5) is 0 Å². The quantitative estimate of drug-likeness (QED) is 0.131. The van der Waals surface area contributed by atoms with Gasteiger partial charge in [0.1, 0.15) is 11.5 Å². The van der Waals surface area contributed by atoms with Gasteiger partial charge in [0.2, 0.25) is 0 Å². The molecule has 4 heteroatoms. The zero-order valence-corrected chi connectivity index (χ0v) is 26.9. The molecule has 2 aliphatic heterocycles. The first-order chi connectivity index (χ1) is 20.0. The third-order valence-electron chi connectivity index (χ3n) is 9.60. The van der Waals surface area contributed by atoms with Gasteiger partial charge in [-0.15, -0.1) is 0 Å². The van der Waals surface area contributed by atoms with Crippen LogP contribution in [0.25, 0.3) is 0 Å². The topological polar surface area (TPSA) is 24.9 Å². The van der Waals surface area contributed by atoms with Gasteiger partial charge in [-0.25, -0.2) is 0 Å². The van der Waals surface area contributed by atoms with Crippen LogP contribution in [0, 0.1) is 5.92 Å². The van der Waals surface area contributed by atoms with Gasteiger partial charge in [0, 0.05) is 11.5 Å². The van der Waals surface area contributed by atoms with Crippen LogP contribution < -0.4 is 9.47 Å². The summed E-state index contributed by atoms with van der Waals surface area (Å²) < 4.78 is 13.5. The Hall–Kier alpha value is -1.78. The molecule has 0 aromatic heterocycles. The molecular formula is C37H60N2O2. The zero-order chi connectivity index (χ0) is 28.9. The number of hydrogen-bond donors (Lipinski definition) is 0. The zero-order valence-electron chi connectivity index (χ0n) is 26.9. The fraction of sp³-hybridized carbons (Fsp3) is 0.730. The minimum atomic E-state index is 0.269. The van der Waals surface area contributed by atoms with Crippen LogP contribution in [0.5, 0.6) is 11.5 Å². The molecule has 230 valence electrons. The molecule has 0 saturated carbocycles. The van der Waals surface area contributed by atoms with Crippen molar-refractivity contribution in [3.05, 3.63) is 47.1 Å². The lowest BCUT2D eigenvalue weighted by molar-refractivity contribution is 0.262. The summed E-state index contributed by atoms with van der Waals surface area (Å²) >= 11 is 0. The molecule has 0 N–H and O–H groups in total. The number of nitrogens with zero attached hydrogens (tertiary/aromatic N) is 2. The molecule has 0 unspecified atom stereocenters. The summed E-state index contributed by atoms with van der Waals surface area (Å²) in [5, 5.41) is 0. The molecule has 2 saturated heterocycles. The van der Waals surface area contributed by atoms with Crippen LogP contribution in [0.1, 0.15) is 121 Å². The van der Waals surface area contributed by atoms with Crippen molar-refractivity contribution in [3.63, 3.8) is 0 Å². The smallest absolute Gasteiger partial charge is 0.127 e. The predicted molar refractivity (Wildman–Crippen MR) is 175 cm³/mol. The van der Waals surface area contributed by atoms with Gasteiger partial charge < -0.3 is 19.3 Å². The number of benzene rings is 1. The Labute approximate surface area is 252 Å². The van der Waals surface area contributed by atoms with Crippen LogP contribution in [-0.2, 0) is 6.42 Å². The standard InChI is InChI=1S/C37H60N2O2/c1-5-6-7-16-32-28-35(40-25-14-12-23-38-19-8-9-20-38)37(34-27-31(4)17-18-33(34)30(2)3)36(29-32)41-26-15-13-24-39-21-10-11-22-39/h27-29,33-34H,2,5-26H2,1,3-4H3/t33-,34+/m0/s1. The minimum absolute atomic E-state index is 0.269. The normalized spacial score (nSPS) is 21.8. The summed E-state index contributed by atoms with van der Waals surface area (Å²) in [6.45, 7) is 20.3. The second kappa shape index (κ2) is 17.4. The summed E-state index contributed by atoms with van der Waals surface area (Å²) in [6.07, 6.45) is 19.7. The van der Waals surface area contributed by atoms with Crippen molar-refractivity contribution in [2.45, 2.75) is 117 Å². The lowest BCUT2D eigenvalue weighted by Gasteiger charge is -2.33. The van der Waals surface area contributed by atoms with Crippen molar-refractivity contribution in [1.29, 1.82) is 0 Å². The lowest BCUT2D eigenvalue weighted by atomic mass is 9.73. The van der Waals surface area contributed by atoms with E-state index in [1.165, 1.54) is 119 Å². The molecular weight excluding hydrogens is 504 g/mol. The van der Waals surface area contributed by atoms with Crippen molar-refractivity contribution in [1.82, 2.24) is 9.80 Å². The molecule has 0 radical (unpaired) electrons. The second-order valence-corrected chi connectivity index (χ2v) is 13.2. The number of hydrogen-bond acceptors (Lipinski definition) is 4. The van der Waals surface area contributed by atoms with Gasteiger partial charge >= 0.3 is 0 Å². The second-order valence-electron chi connectivity index (χ2n) is 13.2. The maximum atomic E-state index is 6.74. The Balaban J connectivity index is 1.52. The summed E-state index contributed by atoms with van der Waals surface area (Å²) in [5.41, 5.74) is 5.40. The Bertz CT molecular complexity index is 911. The summed E-state index contributed by atoms with van der Waals surface area (Å²) in [6, 6.07) is 4.72. The lowest BCUT2D eigenvalue weighted by Crippen LogP contribution is -2.21. The molecule has 0 spiro atoms. The third-order valence-corrected chi connectivity index (χ3v) is 9.60. The SMILES string of the molecule is C=C(C)[C@@H]1CCC(C)=C[C@H]1c1c(OCCCCN2CCCC2)cc(CCCCC)cc1OCCCCN1CCCC1. The maximum Gasteiger partial charge on any atom is 0.127 e. The average Bonchev–Trinajstić information content (AvgIpc) is 3.67. The van der Waals surface area contributed by atoms with E-state index < -0.39 is 0 Å². The summed E-state index contributed by atoms with van der Waals surface area (Å²) in [4.78, 5) is 5.23. The van der Waals surface area contributed by atoms with E-state index >= 15 is 0 Å². The Morgan fingerprint density at radius 2 is 1.39 bits per heavy atom. The number of aryl methyl sites for hydroxylation is 1.